The standard InChI is InChI=1S/C16H17FOS/c1-11-3-4-12(2)15(9-11)16(18)10-19-14-7-5-13(17)6-8-14/h3-9,16,18H,10H2,1-2H3. The third kappa shape index (κ3) is 3.82. The molecule has 0 amide bonds. The first-order valence-corrected chi connectivity index (χ1v) is 7.18. The summed E-state index contributed by atoms with van der Waals surface area (Å²) in [6.07, 6.45) is -0.505. The molecule has 19 heavy (non-hydrogen) atoms. The summed E-state index contributed by atoms with van der Waals surface area (Å²) in [5.41, 5.74) is 3.21. The van der Waals surface area contributed by atoms with Crippen molar-refractivity contribution in [3.05, 3.63) is 65.0 Å². The van der Waals surface area contributed by atoms with Crippen LogP contribution >= 0.6 is 11.8 Å². The molecule has 1 atom stereocenters. The molecule has 3 heteroatoms. The number of hydrogen-bond donors (Lipinski definition) is 1. The first kappa shape index (κ1) is 14.1. The van der Waals surface area contributed by atoms with Crippen molar-refractivity contribution in [1.82, 2.24) is 0 Å². The quantitative estimate of drug-likeness (QED) is 0.842. The summed E-state index contributed by atoms with van der Waals surface area (Å²) >= 11 is 1.53. The van der Waals surface area contributed by atoms with Crippen LogP contribution < -0.4 is 0 Å². The molecule has 0 saturated heterocycles. The molecule has 100 valence electrons. The first-order chi connectivity index (χ1) is 9.06. The van der Waals surface area contributed by atoms with Gasteiger partial charge in [-0.1, -0.05) is 23.8 Å². The number of rotatable bonds is 4. The van der Waals surface area contributed by atoms with E-state index in [1.54, 1.807) is 12.1 Å². The Kier molecular flexibility index (Phi) is 4.61. The molecular formula is C16H17FOS. The van der Waals surface area contributed by atoms with E-state index in [0.29, 0.717) is 5.75 Å². The molecule has 0 aliphatic rings. The lowest BCUT2D eigenvalue weighted by molar-refractivity contribution is 0.203. The number of benzene rings is 2. The Morgan fingerprint density at radius 1 is 1.11 bits per heavy atom. The first-order valence-electron chi connectivity index (χ1n) is 6.20. The molecule has 1 nitrogen and oxygen atoms in total. The van der Waals surface area contributed by atoms with Crippen molar-refractivity contribution >= 4 is 11.8 Å². The highest BCUT2D eigenvalue weighted by molar-refractivity contribution is 7.99. The van der Waals surface area contributed by atoms with Gasteiger partial charge in [-0.2, -0.15) is 0 Å². The topological polar surface area (TPSA) is 20.2 Å². The van der Waals surface area contributed by atoms with Crippen LogP contribution in [0.15, 0.2) is 47.4 Å². The van der Waals surface area contributed by atoms with Gasteiger partial charge in [0, 0.05) is 10.6 Å². The molecule has 0 fully saturated rings. The number of halogens is 1. The summed E-state index contributed by atoms with van der Waals surface area (Å²) in [6, 6.07) is 12.4. The summed E-state index contributed by atoms with van der Waals surface area (Å²) in [5.74, 6) is 0.329. The van der Waals surface area contributed by atoms with Crippen LogP contribution in [0.25, 0.3) is 0 Å². The van der Waals surface area contributed by atoms with Gasteiger partial charge in [-0.15, -0.1) is 11.8 Å². The molecule has 0 bridgehead atoms. The van der Waals surface area contributed by atoms with Crippen LogP contribution in [0.2, 0.25) is 0 Å². The average molecular weight is 276 g/mol. The molecule has 0 aromatic heterocycles. The van der Waals surface area contributed by atoms with Crippen LogP contribution in [0.5, 0.6) is 0 Å². The molecule has 1 N–H and O–H groups in total. The van der Waals surface area contributed by atoms with E-state index in [-0.39, 0.29) is 5.82 Å². The molecule has 0 spiro atoms. The minimum absolute atomic E-state index is 0.237. The predicted octanol–water partition coefficient (Wildman–Crippen LogP) is 4.27. The summed E-state index contributed by atoms with van der Waals surface area (Å²) < 4.78 is 12.8. The van der Waals surface area contributed by atoms with Gasteiger partial charge in [0.15, 0.2) is 0 Å². The molecule has 2 rings (SSSR count). The summed E-state index contributed by atoms with van der Waals surface area (Å²) in [4.78, 5) is 0.964. The highest BCUT2D eigenvalue weighted by atomic mass is 32.2. The largest absolute Gasteiger partial charge is 0.388 e. The minimum atomic E-state index is -0.505. The molecule has 0 aliphatic heterocycles. The highest BCUT2D eigenvalue weighted by Crippen LogP contribution is 2.27. The molecule has 2 aromatic rings. The Labute approximate surface area is 117 Å². The fourth-order valence-electron chi connectivity index (χ4n) is 1.91. The Hall–Kier alpha value is -1.32. The number of hydrogen-bond acceptors (Lipinski definition) is 2. The van der Waals surface area contributed by atoms with Gasteiger partial charge in [0.2, 0.25) is 0 Å². The predicted molar refractivity (Wildman–Crippen MR) is 78.0 cm³/mol. The monoisotopic (exact) mass is 276 g/mol. The van der Waals surface area contributed by atoms with E-state index < -0.39 is 6.10 Å². The van der Waals surface area contributed by atoms with E-state index in [1.807, 2.05) is 32.0 Å². The fourth-order valence-corrected chi connectivity index (χ4v) is 2.77. The molecule has 0 heterocycles. The second kappa shape index (κ2) is 6.22. The number of aliphatic hydroxyl groups is 1. The fraction of sp³-hybridized carbons (Fsp3) is 0.250. The number of thioether (sulfide) groups is 1. The van der Waals surface area contributed by atoms with Gasteiger partial charge < -0.3 is 5.11 Å². The summed E-state index contributed by atoms with van der Waals surface area (Å²) in [7, 11) is 0. The van der Waals surface area contributed by atoms with E-state index in [1.165, 1.54) is 23.9 Å². The van der Waals surface area contributed by atoms with E-state index >= 15 is 0 Å². The zero-order valence-electron chi connectivity index (χ0n) is 11.1. The maximum absolute atomic E-state index is 12.8. The van der Waals surface area contributed by atoms with Crippen molar-refractivity contribution < 1.29 is 9.50 Å². The van der Waals surface area contributed by atoms with Crippen molar-refractivity contribution in [2.75, 3.05) is 5.75 Å². The van der Waals surface area contributed by atoms with Crippen molar-refractivity contribution in [3.8, 4) is 0 Å². The second-order valence-electron chi connectivity index (χ2n) is 4.64. The molecule has 0 radical (unpaired) electrons. The maximum Gasteiger partial charge on any atom is 0.123 e. The van der Waals surface area contributed by atoms with Crippen LogP contribution in [0, 0.1) is 19.7 Å². The van der Waals surface area contributed by atoms with E-state index in [2.05, 4.69) is 0 Å². The van der Waals surface area contributed by atoms with Crippen LogP contribution in [-0.4, -0.2) is 10.9 Å². The average Bonchev–Trinajstić information content (AvgIpc) is 2.40. The third-order valence-electron chi connectivity index (χ3n) is 3.02. The Bertz CT molecular complexity index is 551. The van der Waals surface area contributed by atoms with Crippen molar-refractivity contribution in [2.24, 2.45) is 0 Å². The number of aryl methyl sites for hydroxylation is 2. The van der Waals surface area contributed by atoms with Gasteiger partial charge in [0.25, 0.3) is 0 Å². The zero-order valence-corrected chi connectivity index (χ0v) is 11.9. The van der Waals surface area contributed by atoms with Gasteiger partial charge in [-0.05, 0) is 49.2 Å². The molecule has 0 saturated carbocycles. The molecule has 0 aliphatic carbocycles. The Morgan fingerprint density at radius 2 is 1.79 bits per heavy atom. The smallest absolute Gasteiger partial charge is 0.123 e. The van der Waals surface area contributed by atoms with Gasteiger partial charge in [0.1, 0.15) is 5.82 Å². The van der Waals surface area contributed by atoms with Crippen molar-refractivity contribution in [2.45, 2.75) is 24.8 Å². The summed E-state index contributed by atoms with van der Waals surface area (Å²) in [5, 5.41) is 10.2. The minimum Gasteiger partial charge on any atom is -0.388 e. The van der Waals surface area contributed by atoms with Gasteiger partial charge in [-0.25, -0.2) is 4.39 Å². The lowest BCUT2D eigenvalue weighted by Crippen LogP contribution is -2.03. The molecule has 2 aromatic carbocycles. The van der Waals surface area contributed by atoms with Crippen molar-refractivity contribution in [1.29, 1.82) is 0 Å². The zero-order chi connectivity index (χ0) is 13.8. The van der Waals surface area contributed by atoms with Gasteiger partial charge in [0.05, 0.1) is 6.10 Å². The van der Waals surface area contributed by atoms with E-state index in [9.17, 15) is 9.50 Å². The SMILES string of the molecule is Cc1ccc(C)c(C(O)CSc2ccc(F)cc2)c1. The lowest BCUT2D eigenvalue weighted by atomic mass is 10.0. The van der Waals surface area contributed by atoms with Gasteiger partial charge in [-0.3, -0.25) is 0 Å². The van der Waals surface area contributed by atoms with Crippen LogP contribution in [0.1, 0.15) is 22.8 Å². The van der Waals surface area contributed by atoms with Crippen molar-refractivity contribution in [3.63, 3.8) is 0 Å². The second-order valence-corrected chi connectivity index (χ2v) is 5.73. The van der Waals surface area contributed by atoms with E-state index in [4.69, 9.17) is 0 Å². The number of aliphatic hydroxyl groups excluding tert-OH is 1. The van der Waals surface area contributed by atoms with E-state index in [0.717, 1.165) is 21.6 Å². The van der Waals surface area contributed by atoms with Crippen LogP contribution in [0.4, 0.5) is 4.39 Å². The Morgan fingerprint density at radius 3 is 2.47 bits per heavy atom. The summed E-state index contributed by atoms with van der Waals surface area (Å²) in [6.45, 7) is 4.02. The normalized spacial score (nSPS) is 12.4. The highest BCUT2D eigenvalue weighted by Gasteiger charge is 2.11. The lowest BCUT2D eigenvalue weighted by Gasteiger charge is -2.14. The van der Waals surface area contributed by atoms with Crippen LogP contribution in [0.3, 0.4) is 0 Å². The third-order valence-corrected chi connectivity index (χ3v) is 4.10. The maximum atomic E-state index is 12.8. The molecule has 1 unspecified atom stereocenters. The Balaban J connectivity index is 2.03. The molecular weight excluding hydrogens is 259 g/mol. The van der Waals surface area contributed by atoms with Crippen LogP contribution in [-0.2, 0) is 0 Å². The van der Waals surface area contributed by atoms with Gasteiger partial charge >= 0.3 is 0 Å².